The van der Waals surface area contributed by atoms with E-state index in [1.807, 2.05) is 23.1 Å². The van der Waals surface area contributed by atoms with E-state index in [9.17, 15) is 4.79 Å². The predicted molar refractivity (Wildman–Crippen MR) is 120 cm³/mol. The minimum absolute atomic E-state index is 0.0577. The van der Waals surface area contributed by atoms with Crippen LogP contribution in [0.5, 0.6) is 0 Å². The molecule has 3 fully saturated rings. The number of anilines is 1. The summed E-state index contributed by atoms with van der Waals surface area (Å²) in [6, 6.07) is 10.3. The second kappa shape index (κ2) is 10.6. The van der Waals surface area contributed by atoms with Crippen molar-refractivity contribution in [2.24, 2.45) is 0 Å². The van der Waals surface area contributed by atoms with E-state index in [2.05, 4.69) is 40.9 Å². The Morgan fingerprint density at radius 2 is 1.65 bits per heavy atom. The zero-order valence-electron chi connectivity index (χ0n) is 18.8. The van der Waals surface area contributed by atoms with Crippen molar-refractivity contribution in [1.82, 2.24) is 14.7 Å². The van der Waals surface area contributed by atoms with E-state index in [-0.39, 0.29) is 24.4 Å². The van der Waals surface area contributed by atoms with Crippen molar-refractivity contribution >= 4 is 11.8 Å². The monoisotopic (exact) mass is 432 g/mol. The third-order valence-corrected chi connectivity index (χ3v) is 6.46. The van der Waals surface area contributed by atoms with Crippen molar-refractivity contribution in [3.63, 3.8) is 0 Å². The average Bonchev–Trinajstić information content (AvgIpc) is 2.79. The van der Waals surface area contributed by atoms with Gasteiger partial charge < -0.3 is 33.8 Å². The number of ether oxygens (including phenoxy) is 3. The first-order valence-corrected chi connectivity index (χ1v) is 11.4. The van der Waals surface area contributed by atoms with E-state index in [1.54, 1.807) is 0 Å². The highest BCUT2D eigenvalue weighted by atomic mass is 16.6. The van der Waals surface area contributed by atoms with Crippen LogP contribution < -0.4 is 4.90 Å². The van der Waals surface area contributed by atoms with E-state index in [0.29, 0.717) is 32.7 Å². The molecule has 0 spiro atoms. The molecule has 8 nitrogen and oxygen atoms in total. The molecule has 0 saturated carbocycles. The lowest BCUT2D eigenvalue weighted by atomic mass is 10.0. The molecule has 3 aliphatic heterocycles. The quantitative estimate of drug-likeness (QED) is 0.696. The summed E-state index contributed by atoms with van der Waals surface area (Å²) in [5.74, 6) is 0. The van der Waals surface area contributed by atoms with Crippen molar-refractivity contribution in [3.8, 4) is 0 Å². The molecule has 0 aliphatic carbocycles. The van der Waals surface area contributed by atoms with Crippen molar-refractivity contribution in [2.45, 2.75) is 24.7 Å². The van der Waals surface area contributed by atoms with Crippen LogP contribution in [0.1, 0.15) is 6.42 Å². The molecule has 3 saturated heterocycles. The maximum absolute atomic E-state index is 13.0. The molecule has 3 aliphatic rings. The number of para-hydroxylation sites is 1. The highest BCUT2D eigenvalue weighted by molar-refractivity contribution is 5.68. The molecule has 0 bridgehead atoms. The molecule has 1 aromatic rings. The zero-order chi connectivity index (χ0) is 21.6. The third kappa shape index (κ3) is 6.10. The standard InChI is InChI=1S/C23H36N4O4/c1-24-12-14-29-20(17-24)16-21(22-18-25(2)13-15-30-22)31-23(28)27-10-8-26(9-11-27)19-6-4-3-5-7-19/h3-7,20-22H,8-18H2,1-2H3/t20-,21?,22-/m1/s1. The van der Waals surface area contributed by atoms with Gasteiger partial charge in [0.15, 0.2) is 0 Å². The molecule has 3 atom stereocenters. The zero-order valence-corrected chi connectivity index (χ0v) is 18.8. The van der Waals surface area contributed by atoms with Crippen LogP contribution in [0.3, 0.4) is 0 Å². The fourth-order valence-corrected chi connectivity index (χ4v) is 4.57. The van der Waals surface area contributed by atoms with Gasteiger partial charge in [0.1, 0.15) is 12.2 Å². The van der Waals surface area contributed by atoms with E-state index in [0.717, 1.165) is 39.3 Å². The van der Waals surface area contributed by atoms with Crippen molar-refractivity contribution in [1.29, 1.82) is 0 Å². The molecule has 0 aromatic heterocycles. The van der Waals surface area contributed by atoms with Crippen LogP contribution in [-0.4, -0.2) is 119 Å². The Balaban J connectivity index is 1.35. The number of nitrogens with zero attached hydrogens (tertiary/aromatic N) is 4. The summed E-state index contributed by atoms with van der Waals surface area (Å²) in [4.78, 5) is 21.7. The Morgan fingerprint density at radius 3 is 2.32 bits per heavy atom. The van der Waals surface area contributed by atoms with Gasteiger partial charge in [-0.15, -0.1) is 0 Å². The number of hydrogen-bond donors (Lipinski definition) is 0. The molecule has 8 heteroatoms. The van der Waals surface area contributed by atoms with Gasteiger partial charge in [0.2, 0.25) is 0 Å². The van der Waals surface area contributed by atoms with Gasteiger partial charge in [0.25, 0.3) is 0 Å². The fourth-order valence-electron chi connectivity index (χ4n) is 4.57. The molecule has 3 heterocycles. The summed E-state index contributed by atoms with van der Waals surface area (Å²) in [6.07, 6.45) is 0.0579. The van der Waals surface area contributed by atoms with E-state index >= 15 is 0 Å². The lowest BCUT2D eigenvalue weighted by Crippen LogP contribution is -2.53. The summed E-state index contributed by atoms with van der Waals surface area (Å²) in [5.41, 5.74) is 1.20. The van der Waals surface area contributed by atoms with Crippen LogP contribution in [0.25, 0.3) is 0 Å². The van der Waals surface area contributed by atoms with E-state index in [4.69, 9.17) is 14.2 Å². The molecule has 1 unspecified atom stereocenters. The number of benzene rings is 1. The van der Waals surface area contributed by atoms with Crippen molar-refractivity contribution in [2.75, 3.05) is 84.6 Å². The van der Waals surface area contributed by atoms with Gasteiger partial charge >= 0.3 is 6.09 Å². The van der Waals surface area contributed by atoms with Crippen LogP contribution in [-0.2, 0) is 14.2 Å². The van der Waals surface area contributed by atoms with Crippen molar-refractivity contribution < 1.29 is 19.0 Å². The largest absolute Gasteiger partial charge is 0.443 e. The van der Waals surface area contributed by atoms with E-state index in [1.165, 1.54) is 5.69 Å². The molecule has 0 N–H and O–H groups in total. The highest BCUT2D eigenvalue weighted by Crippen LogP contribution is 2.21. The number of morpholine rings is 2. The Bertz CT molecular complexity index is 698. The summed E-state index contributed by atoms with van der Waals surface area (Å²) >= 11 is 0. The second-order valence-corrected chi connectivity index (χ2v) is 8.89. The average molecular weight is 433 g/mol. The Labute approximate surface area is 185 Å². The molecular formula is C23H36N4O4. The lowest BCUT2D eigenvalue weighted by molar-refractivity contribution is -0.114. The molecular weight excluding hydrogens is 396 g/mol. The minimum atomic E-state index is -0.307. The number of hydrogen-bond acceptors (Lipinski definition) is 7. The van der Waals surface area contributed by atoms with Crippen molar-refractivity contribution in [3.05, 3.63) is 30.3 Å². The second-order valence-electron chi connectivity index (χ2n) is 8.89. The number of amides is 1. The number of rotatable bonds is 5. The molecule has 1 amide bonds. The van der Waals surface area contributed by atoms with Crippen LogP contribution in [0.2, 0.25) is 0 Å². The summed E-state index contributed by atoms with van der Waals surface area (Å²) in [6.45, 7) is 7.78. The SMILES string of the molecule is CN1CCO[C@H](CC(OC(=O)N2CCN(c3ccccc3)CC2)[C@H]2CN(C)CCO2)C1. The number of carbonyl (C=O) groups excluding carboxylic acids is 1. The maximum atomic E-state index is 13.0. The molecule has 1 aromatic carbocycles. The Hall–Kier alpha value is -1.87. The van der Waals surface area contributed by atoms with E-state index < -0.39 is 0 Å². The Morgan fingerprint density at radius 1 is 0.968 bits per heavy atom. The first-order chi connectivity index (χ1) is 15.1. The molecule has 4 rings (SSSR count). The molecule has 31 heavy (non-hydrogen) atoms. The maximum Gasteiger partial charge on any atom is 0.410 e. The van der Waals surface area contributed by atoms with Gasteiger partial charge in [-0.2, -0.15) is 0 Å². The molecule has 172 valence electrons. The minimum Gasteiger partial charge on any atom is -0.443 e. The first kappa shape index (κ1) is 22.3. The summed E-state index contributed by atoms with van der Waals surface area (Å²) in [7, 11) is 4.19. The van der Waals surface area contributed by atoms with Gasteiger partial charge in [-0.25, -0.2) is 4.79 Å². The number of piperazine rings is 1. The lowest BCUT2D eigenvalue weighted by Gasteiger charge is -2.40. The highest BCUT2D eigenvalue weighted by Gasteiger charge is 2.35. The van der Waals surface area contributed by atoms with Gasteiger partial charge in [-0.3, -0.25) is 0 Å². The fraction of sp³-hybridized carbons (Fsp3) is 0.696. The Kier molecular flexibility index (Phi) is 7.66. The predicted octanol–water partition coefficient (Wildman–Crippen LogP) is 1.37. The number of likely N-dealkylation sites (N-methyl/N-ethyl adjacent to an activating group) is 2. The van der Waals surface area contributed by atoms with Crippen LogP contribution in [0.4, 0.5) is 10.5 Å². The van der Waals surface area contributed by atoms with Gasteiger partial charge in [-0.1, -0.05) is 18.2 Å². The third-order valence-electron chi connectivity index (χ3n) is 6.46. The van der Waals surface area contributed by atoms with Gasteiger partial charge in [0.05, 0.1) is 19.3 Å². The first-order valence-electron chi connectivity index (χ1n) is 11.4. The molecule has 0 radical (unpaired) electrons. The normalized spacial score (nSPS) is 27.2. The summed E-state index contributed by atoms with van der Waals surface area (Å²) < 4.78 is 18.1. The number of carbonyl (C=O) groups is 1. The van der Waals surface area contributed by atoms with Crippen LogP contribution in [0.15, 0.2) is 30.3 Å². The van der Waals surface area contributed by atoms with Crippen LogP contribution in [0, 0.1) is 0 Å². The van der Waals surface area contributed by atoms with Gasteiger partial charge in [-0.05, 0) is 26.2 Å². The van der Waals surface area contributed by atoms with Crippen LogP contribution >= 0.6 is 0 Å². The topological polar surface area (TPSA) is 57.7 Å². The smallest absolute Gasteiger partial charge is 0.410 e. The van der Waals surface area contributed by atoms with Gasteiger partial charge in [0, 0.05) is 64.5 Å². The summed E-state index contributed by atoms with van der Waals surface area (Å²) in [5, 5.41) is 0.